The molecule has 0 atom stereocenters. The molecule has 0 radical (unpaired) electrons. The Bertz CT molecular complexity index is 670. The summed E-state index contributed by atoms with van der Waals surface area (Å²) >= 11 is 0. The van der Waals surface area contributed by atoms with Gasteiger partial charge >= 0.3 is 6.03 Å². The lowest BCUT2D eigenvalue weighted by atomic mass is 10.1. The van der Waals surface area contributed by atoms with Crippen LogP contribution in [0.3, 0.4) is 0 Å². The number of hydrogen-bond donors (Lipinski definition) is 2. The Morgan fingerprint density at radius 2 is 1.91 bits per heavy atom. The number of amides is 2. The molecule has 1 aliphatic carbocycles. The highest BCUT2D eigenvalue weighted by Crippen LogP contribution is 2.22. The van der Waals surface area contributed by atoms with Crippen LogP contribution in [0, 0.1) is 13.8 Å². The van der Waals surface area contributed by atoms with Crippen LogP contribution in [0.2, 0.25) is 0 Å². The van der Waals surface area contributed by atoms with Crippen LogP contribution >= 0.6 is 0 Å². The van der Waals surface area contributed by atoms with Gasteiger partial charge in [0.25, 0.3) is 0 Å². The van der Waals surface area contributed by atoms with Crippen molar-refractivity contribution in [1.82, 2.24) is 15.6 Å². The van der Waals surface area contributed by atoms with E-state index in [4.69, 9.17) is 4.42 Å². The number of hydrogen-bond acceptors (Lipinski definition) is 3. The fourth-order valence-corrected chi connectivity index (χ4v) is 2.88. The zero-order chi connectivity index (χ0) is 16.2. The van der Waals surface area contributed by atoms with Gasteiger partial charge in [-0.15, -0.1) is 0 Å². The third-order valence-electron chi connectivity index (χ3n) is 4.30. The number of carbonyl (C=O) groups excluding carboxylic acids is 1. The normalized spacial score (nSPS) is 14.9. The first kappa shape index (κ1) is 15.6. The SMILES string of the molecule is Cc1ccc(-c2nc(CNC(=O)NC3CCCC3)c(C)o2)cc1. The highest BCUT2D eigenvalue weighted by atomic mass is 16.4. The van der Waals surface area contributed by atoms with Crippen LogP contribution in [0.1, 0.15) is 42.7 Å². The van der Waals surface area contributed by atoms with Gasteiger partial charge in [-0.3, -0.25) is 0 Å². The van der Waals surface area contributed by atoms with Gasteiger partial charge in [-0.05, 0) is 38.8 Å². The average Bonchev–Trinajstić information content (AvgIpc) is 3.16. The summed E-state index contributed by atoms with van der Waals surface area (Å²) in [5.74, 6) is 1.33. The Hall–Kier alpha value is -2.30. The van der Waals surface area contributed by atoms with Gasteiger partial charge in [-0.25, -0.2) is 9.78 Å². The third kappa shape index (κ3) is 3.92. The van der Waals surface area contributed by atoms with Gasteiger partial charge in [0.1, 0.15) is 11.5 Å². The van der Waals surface area contributed by atoms with Gasteiger partial charge in [0.15, 0.2) is 0 Å². The van der Waals surface area contributed by atoms with Gasteiger partial charge in [0.05, 0.1) is 6.54 Å². The topological polar surface area (TPSA) is 67.2 Å². The van der Waals surface area contributed by atoms with E-state index in [0.29, 0.717) is 18.5 Å². The second-order valence-corrected chi connectivity index (χ2v) is 6.20. The minimum absolute atomic E-state index is 0.129. The Morgan fingerprint density at radius 3 is 2.61 bits per heavy atom. The molecule has 1 heterocycles. The maximum atomic E-state index is 11.9. The van der Waals surface area contributed by atoms with Crippen molar-refractivity contribution < 1.29 is 9.21 Å². The fourth-order valence-electron chi connectivity index (χ4n) is 2.88. The van der Waals surface area contributed by atoms with Crippen LogP contribution in [0.4, 0.5) is 4.79 Å². The first-order valence-corrected chi connectivity index (χ1v) is 8.19. The third-order valence-corrected chi connectivity index (χ3v) is 4.30. The van der Waals surface area contributed by atoms with Crippen LogP contribution in [-0.4, -0.2) is 17.1 Å². The van der Waals surface area contributed by atoms with Crippen molar-refractivity contribution in [3.8, 4) is 11.5 Å². The van der Waals surface area contributed by atoms with Crippen molar-refractivity contribution in [3.63, 3.8) is 0 Å². The van der Waals surface area contributed by atoms with Crippen molar-refractivity contribution in [2.24, 2.45) is 0 Å². The van der Waals surface area contributed by atoms with Gasteiger partial charge < -0.3 is 15.1 Å². The van der Waals surface area contributed by atoms with E-state index in [1.54, 1.807) is 0 Å². The first-order chi connectivity index (χ1) is 11.1. The first-order valence-electron chi connectivity index (χ1n) is 8.19. The average molecular weight is 313 g/mol. The summed E-state index contributed by atoms with van der Waals surface area (Å²) in [6.45, 7) is 4.29. The fraction of sp³-hybridized carbons (Fsp3) is 0.444. The molecule has 1 aromatic heterocycles. The van der Waals surface area contributed by atoms with E-state index in [1.165, 1.54) is 18.4 Å². The van der Waals surface area contributed by atoms with Crippen molar-refractivity contribution in [1.29, 1.82) is 0 Å². The molecule has 0 spiro atoms. The quantitative estimate of drug-likeness (QED) is 0.904. The Kier molecular flexibility index (Phi) is 4.65. The van der Waals surface area contributed by atoms with Crippen LogP contribution < -0.4 is 10.6 Å². The molecule has 0 bridgehead atoms. The lowest BCUT2D eigenvalue weighted by Gasteiger charge is -2.12. The van der Waals surface area contributed by atoms with Crippen molar-refractivity contribution in [2.75, 3.05) is 0 Å². The molecule has 0 saturated heterocycles. The van der Waals surface area contributed by atoms with E-state index in [-0.39, 0.29) is 6.03 Å². The summed E-state index contributed by atoms with van der Waals surface area (Å²) in [5.41, 5.74) is 2.91. The van der Waals surface area contributed by atoms with E-state index in [2.05, 4.69) is 15.6 Å². The molecule has 3 rings (SSSR count). The molecule has 2 N–H and O–H groups in total. The molecule has 23 heavy (non-hydrogen) atoms. The van der Waals surface area contributed by atoms with Crippen LogP contribution in [0.25, 0.3) is 11.5 Å². The van der Waals surface area contributed by atoms with Gasteiger partial charge in [0.2, 0.25) is 5.89 Å². The summed E-state index contributed by atoms with van der Waals surface area (Å²) in [5, 5.41) is 5.87. The number of oxazole rings is 1. The maximum absolute atomic E-state index is 11.9. The lowest BCUT2D eigenvalue weighted by Crippen LogP contribution is -2.40. The second-order valence-electron chi connectivity index (χ2n) is 6.20. The molecular weight excluding hydrogens is 290 g/mol. The van der Waals surface area contributed by atoms with E-state index >= 15 is 0 Å². The summed E-state index contributed by atoms with van der Waals surface area (Å²) in [4.78, 5) is 16.4. The summed E-state index contributed by atoms with van der Waals surface area (Å²) in [7, 11) is 0. The highest BCUT2D eigenvalue weighted by molar-refractivity contribution is 5.74. The maximum Gasteiger partial charge on any atom is 0.315 e. The van der Waals surface area contributed by atoms with Gasteiger partial charge in [0, 0.05) is 11.6 Å². The molecule has 0 unspecified atom stereocenters. The standard InChI is InChI=1S/C18H23N3O2/c1-12-7-9-14(10-8-12)17-21-16(13(2)23-17)11-19-18(22)20-15-5-3-4-6-15/h7-10,15H,3-6,11H2,1-2H3,(H2,19,20,22). The molecule has 5 heteroatoms. The minimum Gasteiger partial charge on any atom is -0.441 e. The molecule has 122 valence electrons. The molecule has 1 aliphatic rings. The van der Waals surface area contributed by atoms with Crippen LogP contribution in [-0.2, 0) is 6.54 Å². The molecule has 1 aromatic carbocycles. The summed E-state index contributed by atoms with van der Waals surface area (Å²) in [6, 6.07) is 8.23. The van der Waals surface area contributed by atoms with Crippen LogP contribution in [0.5, 0.6) is 0 Å². The predicted octanol–water partition coefficient (Wildman–Crippen LogP) is 3.70. The molecule has 1 fully saturated rings. The zero-order valence-electron chi connectivity index (χ0n) is 13.7. The highest BCUT2D eigenvalue weighted by Gasteiger charge is 2.17. The van der Waals surface area contributed by atoms with Gasteiger partial charge in [-0.2, -0.15) is 0 Å². The van der Waals surface area contributed by atoms with Crippen molar-refractivity contribution >= 4 is 6.03 Å². The zero-order valence-corrected chi connectivity index (χ0v) is 13.7. The second kappa shape index (κ2) is 6.86. The number of carbonyl (C=O) groups is 1. The Morgan fingerprint density at radius 1 is 1.22 bits per heavy atom. The van der Waals surface area contributed by atoms with Gasteiger partial charge in [-0.1, -0.05) is 30.5 Å². The Balaban J connectivity index is 1.60. The predicted molar refractivity (Wildman–Crippen MR) is 89.0 cm³/mol. The number of nitrogens with one attached hydrogen (secondary N) is 2. The number of nitrogens with zero attached hydrogens (tertiary/aromatic N) is 1. The molecule has 1 saturated carbocycles. The lowest BCUT2D eigenvalue weighted by molar-refractivity contribution is 0.236. The number of aryl methyl sites for hydroxylation is 2. The van der Waals surface area contributed by atoms with Crippen molar-refractivity contribution in [2.45, 2.75) is 52.1 Å². The minimum atomic E-state index is -0.129. The molecule has 2 aromatic rings. The molecule has 0 aliphatic heterocycles. The van der Waals surface area contributed by atoms with Crippen molar-refractivity contribution in [3.05, 3.63) is 41.3 Å². The largest absolute Gasteiger partial charge is 0.441 e. The number of benzene rings is 1. The van der Waals surface area contributed by atoms with E-state index in [0.717, 1.165) is 29.9 Å². The van der Waals surface area contributed by atoms with E-state index in [9.17, 15) is 4.79 Å². The molecule has 2 amide bonds. The van der Waals surface area contributed by atoms with E-state index in [1.807, 2.05) is 38.1 Å². The summed E-state index contributed by atoms with van der Waals surface area (Å²) in [6.07, 6.45) is 4.56. The monoisotopic (exact) mass is 313 g/mol. The summed E-state index contributed by atoms with van der Waals surface area (Å²) < 4.78 is 5.72. The smallest absolute Gasteiger partial charge is 0.315 e. The van der Waals surface area contributed by atoms with E-state index < -0.39 is 0 Å². The Labute approximate surface area is 136 Å². The number of rotatable bonds is 4. The number of aromatic nitrogens is 1. The molecular formula is C18H23N3O2. The molecule has 5 nitrogen and oxygen atoms in total. The van der Waals surface area contributed by atoms with Crippen LogP contribution in [0.15, 0.2) is 28.7 Å². The number of urea groups is 1.